The summed E-state index contributed by atoms with van der Waals surface area (Å²) in [4.78, 5) is 3.72. The minimum absolute atomic E-state index is 0.0172. The maximum atomic E-state index is 12.2. The summed E-state index contributed by atoms with van der Waals surface area (Å²) in [6.07, 6.45) is 1.44. The number of pyridine rings is 1. The number of phenols is 1. The number of benzene rings is 1. The second kappa shape index (κ2) is 5.47. The van der Waals surface area contributed by atoms with Crippen LogP contribution in [0.25, 0.3) is 0 Å². The van der Waals surface area contributed by atoms with Crippen LogP contribution in [0.5, 0.6) is 5.75 Å². The van der Waals surface area contributed by atoms with Crippen LogP contribution in [-0.4, -0.2) is 18.5 Å². The number of aromatic nitrogens is 1. The minimum Gasteiger partial charge on any atom is -0.506 e. The van der Waals surface area contributed by atoms with Crippen molar-refractivity contribution in [1.29, 1.82) is 0 Å². The number of phenolic OH excluding ortho intramolecular Hbond substituents is 1. The fraction of sp³-hybridized carbons (Fsp3) is 0. The first-order valence-corrected chi connectivity index (χ1v) is 7.87. The molecule has 6 nitrogen and oxygen atoms in total. The molecule has 0 unspecified atom stereocenters. The number of nitrogens with zero attached hydrogens (tertiary/aromatic N) is 1. The number of halogens is 2. The molecule has 0 bridgehead atoms. The van der Waals surface area contributed by atoms with Gasteiger partial charge in [-0.15, -0.1) is 0 Å². The summed E-state index contributed by atoms with van der Waals surface area (Å²) >= 11 is 8.99. The summed E-state index contributed by atoms with van der Waals surface area (Å²) in [5.41, 5.74) is 5.57. The molecule has 106 valence electrons. The van der Waals surface area contributed by atoms with Crippen LogP contribution in [-0.2, 0) is 10.0 Å². The van der Waals surface area contributed by atoms with Crippen LogP contribution in [0, 0.1) is 0 Å². The van der Waals surface area contributed by atoms with Crippen LogP contribution in [0.4, 0.5) is 11.4 Å². The topological polar surface area (TPSA) is 105 Å². The number of hydrogen-bond acceptors (Lipinski definition) is 5. The van der Waals surface area contributed by atoms with Crippen molar-refractivity contribution in [2.45, 2.75) is 4.90 Å². The third kappa shape index (κ3) is 3.14. The highest BCUT2D eigenvalue weighted by Gasteiger charge is 2.17. The number of rotatable bonds is 3. The van der Waals surface area contributed by atoms with Crippen LogP contribution < -0.4 is 10.5 Å². The van der Waals surface area contributed by atoms with E-state index in [-0.39, 0.29) is 27.2 Å². The van der Waals surface area contributed by atoms with E-state index >= 15 is 0 Å². The number of anilines is 2. The van der Waals surface area contributed by atoms with Crippen molar-refractivity contribution in [2.75, 3.05) is 10.5 Å². The monoisotopic (exact) mass is 377 g/mol. The number of aromatic hydroxyl groups is 1. The molecule has 9 heteroatoms. The van der Waals surface area contributed by atoms with Gasteiger partial charge in [0, 0.05) is 10.7 Å². The molecule has 0 aliphatic heterocycles. The summed E-state index contributed by atoms with van der Waals surface area (Å²) < 4.78 is 27.2. The van der Waals surface area contributed by atoms with Crippen molar-refractivity contribution >= 4 is 48.9 Å². The third-order valence-electron chi connectivity index (χ3n) is 2.36. The molecule has 0 saturated carbocycles. The second-order valence-corrected chi connectivity index (χ2v) is 6.77. The van der Waals surface area contributed by atoms with Gasteiger partial charge in [0.15, 0.2) is 5.15 Å². The predicted octanol–water partition coefficient (Wildman–Crippen LogP) is 2.59. The molecular formula is C11H9BrClN3O3S. The summed E-state index contributed by atoms with van der Waals surface area (Å²) in [6.45, 7) is 0. The van der Waals surface area contributed by atoms with Gasteiger partial charge in [0.05, 0.1) is 16.3 Å². The number of hydrogen-bond donors (Lipinski definition) is 3. The van der Waals surface area contributed by atoms with E-state index in [9.17, 15) is 13.5 Å². The standard InChI is InChI=1S/C11H9BrClN3O3S/c12-6-3-9(11(13)15-5-6)16-20(18,19)7-1-2-10(17)8(14)4-7/h1-5,16-17H,14H2. The van der Waals surface area contributed by atoms with Crippen LogP contribution in [0.2, 0.25) is 5.15 Å². The Morgan fingerprint density at radius 2 is 2.05 bits per heavy atom. The van der Waals surface area contributed by atoms with E-state index in [0.717, 1.165) is 6.07 Å². The average molecular weight is 379 g/mol. The van der Waals surface area contributed by atoms with E-state index in [2.05, 4.69) is 25.6 Å². The maximum absolute atomic E-state index is 12.2. The summed E-state index contributed by atoms with van der Waals surface area (Å²) in [5.74, 6) is -0.189. The number of nitrogen functional groups attached to an aromatic ring is 1. The third-order valence-corrected chi connectivity index (χ3v) is 4.46. The first kappa shape index (κ1) is 14.9. The van der Waals surface area contributed by atoms with Gasteiger partial charge in [-0.2, -0.15) is 0 Å². The van der Waals surface area contributed by atoms with E-state index in [4.69, 9.17) is 17.3 Å². The van der Waals surface area contributed by atoms with E-state index < -0.39 is 10.0 Å². The highest BCUT2D eigenvalue weighted by Crippen LogP contribution is 2.28. The van der Waals surface area contributed by atoms with Crippen molar-refractivity contribution < 1.29 is 13.5 Å². The van der Waals surface area contributed by atoms with Gasteiger partial charge in [-0.1, -0.05) is 11.6 Å². The fourth-order valence-electron chi connectivity index (χ4n) is 1.40. The SMILES string of the molecule is Nc1cc(S(=O)(=O)Nc2cc(Br)cnc2Cl)ccc1O. The van der Waals surface area contributed by atoms with E-state index in [1.54, 1.807) is 0 Å². The molecule has 0 saturated heterocycles. The molecule has 1 heterocycles. The number of nitrogens with two attached hydrogens (primary N) is 1. The maximum Gasteiger partial charge on any atom is 0.262 e. The zero-order chi connectivity index (χ0) is 14.9. The zero-order valence-corrected chi connectivity index (χ0v) is 13.0. The van der Waals surface area contributed by atoms with E-state index in [1.807, 2.05) is 0 Å². The van der Waals surface area contributed by atoms with Gasteiger partial charge in [0.25, 0.3) is 10.0 Å². The lowest BCUT2D eigenvalue weighted by Crippen LogP contribution is -2.13. The van der Waals surface area contributed by atoms with Crippen LogP contribution in [0.3, 0.4) is 0 Å². The normalized spacial score (nSPS) is 11.3. The molecule has 0 aliphatic rings. The average Bonchev–Trinajstić information content (AvgIpc) is 2.36. The lowest BCUT2D eigenvalue weighted by Gasteiger charge is -2.10. The number of sulfonamides is 1. The molecule has 1 aromatic carbocycles. The smallest absolute Gasteiger partial charge is 0.262 e. The molecule has 0 amide bonds. The zero-order valence-electron chi connectivity index (χ0n) is 9.84. The first-order chi connectivity index (χ1) is 9.29. The van der Waals surface area contributed by atoms with E-state index in [1.165, 1.54) is 24.4 Å². The minimum atomic E-state index is -3.88. The van der Waals surface area contributed by atoms with Gasteiger partial charge in [-0.25, -0.2) is 13.4 Å². The Morgan fingerprint density at radius 1 is 1.35 bits per heavy atom. The van der Waals surface area contributed by atoms with Gasteiger partial charge in [-0.3, -0.25) is 4.72 Å². The van der Waals surface area contributed by atoms with Crippen LogP contribution in [0.1, 0.15) is 0 Å². The van der Waals surface area contributed by atoms with E-state index in [0.29, 0.717) is 4.47 Å². The van der Waals surface area contributed by atoms with Crippen LogP contribution >= 0.6 is 27.5 Å². The highest BCUT2D eigenvalue weighted by molar-refractivity contribution is 9.10. The lowest BCUT2D eigenvalue weighted by atomic mass is 10.3. The van der Waals surface area contributed by atoms with Crippen molar-refractivity contribution in [3.8, 4) is 5.75 Å². The molecule has 2 aromatic rings. The molecule has 0 aliphatic carbocycles. The summed E-state index contributed by atoms with van der Waals surface area (Å²) in [6, 6.07) is 5.06. The van der Waals surface area contributed by atoms with Crippen molar-refractivity contribution in [3.63, 3.8) is 0 Å². The fourth-order valence-corrected chi connectivity index (χ4v) is 3.03. The van der Waals surface area contributed by atoms with Crippen molar-refractivity contribution in [1.82, 2.24) is 4.98 Å². The summed E-state index contributed by atoms with van der Waals surface area (Å²) in [5, 5.41) is 9.32. The molecule has 1 aromatic heterocycles. The second-order valence-electron chi connectivity index (χ2n) is 3.82. The largest absolute Gasteiger partial charge is 0.506 e. The van der Waals surface area contributed by atoms with Gasteiger partial charge in [0.1, 0.15) is 5.75 Å². The molecule has 0 fully saturated rings. The Kier molecular flexibility index (Phi) is 4.07. The quantitative estimate of drug-likeness (QED) is 0.432. The Morgan fingerprint density at radius 3 is 2.70 bits per heavy atom. The Bertz CT molecular complexity index is 768. The van der Waals surface area contributed by atoms with Crippen molar-refractivity contribution in [3.05, 3.63) is 40.1 Å². The van der Waals surface area contributed by atoms with Gasteiger partial charge < -0.3 is 10.8 Å². The van der Waals surface area contributed by atoms with Gasteiger partial charge in [-0.05, 0) is 40.2 Å². The molecule has 2 rings (SSSR count). The molecular weight excluding hydrogens is 370 g/mol. The molecule has 4 N–H and O–H groups in total. The molecule has 20 heavy (non-hydrogen) atoms. The Hall–Kier alpha value is -1.51. The van der Waals surface area contributed by atoms with Gasteiger partial charge in [0.2, 0.25) is 0 Å². The summed E-state index contributed by atoms with van der Waals surface area (Å²) in [7, 11) is -3.88. The Labute approximate surface area is 128 Å². The predicted molar refractivity (Wildman–Crippen MR) is 80.3 cm³/mol. The van der Waals surface area contributed by atoms with Crippen molar-refractivity contribution in [2.24, 2.45) is 0 Å². The Balaban J connectivity index is 2.40. The molecule has 0 radical (unpaired) electrons. The molecule has 0 spiro atoms. The number of nitrogens with one attached hydrogen (secondary N) is 1. The first-order valence-electron chi connectivity index (χ1n) is 5.22. The highest BCUT2D eigenvalue weighted by atomic mass is 79.9. The van der Waals surface area contributed by atoms with Gasteiger partial charge >= 0.3 is 0 Å². The lowest BCUT2D eigenvalue weighted by molar-refractivity contribution is 0.477. The van der Waals surface area contributed by atoms with Crippen LogP contribution in [0.15, 0.2) is 39.8 Å². The molecule has 0 atom stereocenters.